The summed E-state index contributed by atoms with van der Waals surface area (Å²) in [7, 11) is 1.64. The second kappa shape index (κ2) is 53.5. The van der Waals surface area contributed by atoms with Crippen LogP contribution in [0, 0.1) is 5.92 Å². The minimum absolute atomic E-state index is 0.0847. The molecule has 0 aromatic heterocycles. The molecule has 0 aliphatic carbocycles. The van der Waals surface area contributed by atoms with Gasteiger partial charge in [0.1, 0.15) is 36.6 Å². The number of aliphatic carboxylic acids is 1. The normalized spacial score (nSPS) is 17.7. The predicted molar refractivity (Wildman–Crippen MR) is 323 cm³/mol. The number of ether oxygens (including phenoxy) is 13. The zero-order chi connectivity index (χ0) is 65.8. The number of aliphatic hydroxyl groups excluding tert-OH is 4. The predicted octanol–water partition coefficient (Wildman–Crippen LogP) is -2.38. The minimum Gasteiger partial charge on any atom is -0.479 e. The Hall–Kier alpha value is -5.05. The molecule has 1 aliphatic heterocycles. The van der Waals surface area contributed by atoms with Crippen molar-refractivity contribution in [3.63, 3.8) is 0 Å². The number of carboxylic acids is 1. The highest BCUT2D eigenvalue weighted by molar-refractivity contribution is 5.99. The van der Waals surface area contributed by atoms with E-state index in [0.29, 0.717) is 182 Å². The van der Waals surface area contributed by atoms with Crippen molar-refractivity contribution in [3.05, 3.63) is 29.8 Å². The van der Waals surface area contributed by atoms with Crippen LogP contribution in [0.15, 0.2) is 29.3 Å². The molecule has 8 atom stereocenters. The summed E-state index contributed by atoms with van der Waals surface area (Å²) >= 11 is 0. The number of anilines is 1. The van der Waals surface area contributed by atoms with Crippen LogP contribution in [0.1, 0.15) is 57.9 Å². The summed E-state index contributed by atoms with van der Waals surface area (Å²) in [6.07, 6.45) is -4.42. The first-order valence-corrected chi connectivity index (χ1v) is 30.6. The summed E-state index contributed by atoms with van der Waals surface area (Å²) in [4.78, 5) is 78.3. The number of nitrogens with one attached hydrogen (secondary N) is 6. The second-order valence-corrected chi connectivity index (χ2v) is 20.4. The number of amides is 6. The Morgan fingerprint density at radius 3 is 1.44 bits per heavy atom. The largest absolute Gasteiger partial charge is 0.479 e. The molecule has 0 saturated carbocycles. The van der Waals surface area contributed by atoms with Gasteiger partial charge in [0.2, 0.25) is 23.6 Å². The number of primary amides is 1. The highest BCUT2D eigenvalue weighted by Gasteiger charge is 2.46. The first-order valence-electron chi connectivity index (χ1n) is 30.6. The summed E-state index contributed by atoms with van der Waals surface area (Å²) < 4.78 is 71.0. The molecular formula is C58H102N8O24. The van der Waals surface area contributed by atoms with E-state index in [-0.39, 0.29) is 57.5 Å². The number of unbranched alkanes of at least 4 members (excludes halogenated alkanes) is 1. The van der Waals surface area contributed by atoms with E-state index in [2.05, 4.69) is 36.9 Å². The van der Waals surface area contributed by atoms with Crippen LogP contribution in [0.4, 0.5) is 10.5 Å². The molecule has 1 saturated heterocycles. The van der Waals surface area contributed by atoms with Crippen LogP contribution in [-0.4, -0.2) is 295 Å². The smallest absolute Gasteiger partial charge is 0.337 e. The van der Waals surface area contributed by atoms with Crippen molar-refractivity contribution in [3.8, 4) is 0 Å². The summed E-state index contributed by atoms with van der Waals surface area (Å²) in [5.74, 6) is -3.44. The number of hydrogen-bond acceptors (Lipinski definition) is 25. The summed E-state index contributed by atoms with van der Waals surface area (Å²) in [6, 6.07) is 2.99. The molecule has 1 unspecified atom stereocenters. The number of nitrogens with zero attached hydrogens (tertiary/aromatic N) is 1. The number of rotatable bonds is 58. The van der Waals surface area contributed by atoms with Gasteiger partial charge in [0.25, 0.3) is 0 Å². The third-order valence-electron chi connectivity index (χ3n) is 13.0. The van der Waals surface area contributed by atoms with Crippen molar-refractivity contribution in [2.24, 2.45) is 16.6 Å². The fraction of sp³-hybridized carbons (Fsp3) is 0.776. The van der Waals surface area contributed by atoms with Crippen LogP contribution in [0.2, 0.25) is 0 Å². The lowest BCUT2D eigenvalue weighted by atomic mass is 9.98. The molecule has 90 heavy (non-hydrogen) atoms. The number of carbonyl (C=O) groups is 6. The van der Waals surface area contributed by atoms with E-state index in [1.54, 1.807) is 45.2 Å². The van der Waals surface area contributed by atoms with Crippen LogP contribution in [0.25, 0.3) is 0 Å². The Labute approximate surface area is 526 Å². The molecule has 1 heterocycles. The van der Waals surface area contributed by atoms with Gasteiger partial charge in [-0.15, -0.1) is 0 Å². The van der Waals surface area contributed by atoms with Gasteiger partial charge in [-0.1, -0.05) is 26.0 Å². The lowest BCUT2D eigenvalue weighted by molar-refractivity contribution is -0.234. The summed E-state index contributed by atoms with van der Waals surface area (Å²) in [5, 5.41) is 64.9. The number of hydrogen-bond donors (Lipinski definition) is 12. The Bertz CT molecular complexity index is 2070. The zero-order valence-electron chi connectivity index (χ0n) is 52.4. The van der Waals surface area contributed by atoms with Crippen molar-refractivity contribution in [2.45, 2.75) is 108 Å². The van der Waals surface area contributed by atoms with Gasteiger partial charge in [-0.05, 0) is 62.8 Å². The average molecular weight is 1300 g/mol. The fourth-order valence-corrected chi connectivity index (χ4v) is 8.05. The first-order chi connectivity index (χ1) is 43.6. The highest BCUT2D eigenvalue weighted by Crippen LogP contribution is 2.20. The monoisotopic (exact) mass is 1290 g/mol. The minimum atomic E-state index is -1.74. The molecular weight excluding hydrogens is 1190 g/mol. The van der Waals surface area contributed by atoms with E-state index in [0.717, 1.165) is 0 Å². The van der Waals surface area contributed by atoms with Crippen LogP contribution in [-0.2, 0) is 92.2 Å². The molecule has 1 aromatic rings. The van der Waals surface area contributed by atoms with E-state index < -0.39 is 78.5 Å². The topological polar surface area (TPSA) is 434 Å². The van der Waals surface area contributed by atoms with Crippen molar-refractivity contribution in [1.82, 2.24) is 26.6 Å². The van der Waals surface area contributed by atoms with E-state index in [1.807, 2.05) is 0 Å². The highest BCUT2D eigenvalue weighted by atomic mass is 16.6. The Balaban J connectivity index is 1.32. The second-order valence-electron chi connectivity index (χ2n) is 20.4. The molecule has 1 aliphatic rings. The molecule has 0 spiro atoms. The molecule has 6 amide bonds. The van der Waals surface area contributed by atoms with Crippen LogP contribution in [0.3, 0.4) is 0 Å². The van der Waals surface area contributed by atoms with E-state index >= 15 is 0 Å². The molecule has 2 rings (SSSR count). The van der Waals surface area contributed by atoms with Gasteiger partial charge in [0.15, 0.2) is 6.10 Å². The first kappa shape index (κ1) is 81.0. The fourth-order valence-electron chi connectivity index (χ4n) is 8.05. The maximum atomic E-state index is 13.6. The number of likely N-dealkylation sites (N-methyl/N-ethyl adjacent to an activating group) is 1. The van der Waals surface area contributed by atoms with E-state index in [9.17, 15) is 49.2 Å². The maximum Gasteiger partial charge on any atom is 0.337 e. The zero-order valence-corrected chi connectivity index (χ0v) is 52.4. The third-order valence-corrected chi connectivity index (χ3v) is 13.0. The molecule has 1 aromatic carbocycles. The number of aliphatic hydroxyl groups is 4. The summed E-state index contributed by atoms with van der Waals surface area (Å²) in [5.41, 5.74) is 6.18. The van der Waals surface area contributed by atoms with Crippen LogP contribution < -0.4 is 37.6 Å². The summed E-state index contributed by atoms with van der Waals surface area (Å²) in [6.45, 7) is 13.2. The van der Waals surface area contributed by atoms with Crippen molar-refractivity contribution >= 4 is 47.5 Å². The molecule has 13 N–H and O–H groups in total. The quantitative estimate of drug-likeness (QED) is 0.0239. The lowest BCUT2D eigenvalue weighted by Gasteiger charge is -2.39. The van der Waals surface area contributed by atoms with Crippen molar-refractivity contribution < 1.29 is 116 Å². The lowest BCUT2D eigenvalue weighted by Crippen LogP contribution is -2.63. The van der Waals surface area contributed by atoms with Gasteiger partial charge in [-0.3, -0.25) is 24.5 Å². The van der Waals surface area contributed by atoms with Crippen LogP contribution >= 0.6 is 0 Å². The standard InChI is InChI=1S/C58H102N8O24/c1-42(2)48(55(74)65-46(8-6-15-63-58(59)77)54(73)64-44-11-9-43(41-67)10-12-44)66-53(72)45(60-3)7-4-5-14-61-47(68)13-17-78-19-21-80-23-25-82-27-29-84-31-33-86-35-37-88-39-40-89-38-36-87-34-32-85-30-28-83-26-24-81-22-20-79-18-16-62-56-51(71)49(69)50(70)52(90-56)57(75)76/h9-12,15,42,45-46,48-52,56,60,62,67,69-71H,4-8,13-14,16-41H2,1-3H3,(H2,59,77)(H,61,68)(H,64,73)(H,65,74)(H,66,72)(H,75,76)/b63-15+/t45-,46-,48-,49-,50-,51+,52-,56?/m0/s1. The SMILES string of the molecule is CN[C@@H](CCCCNC(=O)CCOCCOCCOCCOCCOCCOCCOCCOCCOCCOCCOCCOCCNC1O[C@H](C(=O)O)[C@@H](O)[C@H](O)[C@H]1O)C(=O)N[C@H](C(=O)N[C@@H](CC/C=N/C(N)=O)C(=O)Nc1ccc(CO)cc1)C(C)C. The number of nitrogens with two attached hydrogens (primary N) is 1. The molecule has 32 heteroatoms. The number of urea groups is 1. The number of carboxylic acid groups (broad SMARTS) is 1. The Morgan fingerprint density at radius 1 is 0.567 bits per heavy atom. The number of carbonyl (C=O) groups excluding carboxylic acids is 5. The van der Waals surface area contributed by atoms with Crippen LogP contribution in [0.5, 0.6) is 0 Å². The number of benzene rings is 1. The van der Waals surface area contributed by atoms with E-state index in [4.69, 9.17) is 72.4 Å². The molecule has 0 radical (unpaired) electrons. The molecule has 0 bridgehead atoms. The average Bonchev–Trinajstić information content (AvgIpc) is 1.33. The molecule has 1 fully saturated rings. The Morgan fingerprint density at radius 2 is 1.02 bits per heavy atom. The number of aliphatic imine (C=N–C) groups is 1. The molecule has 518 valence electrons. The van der Waals surface area contributed by atoms with Crippen molar-refractivity contribution in [1.29, 1.82) is 0 Å². The van der Waals surface area contributed by atoms with Gasteiger partial charge in [0.05, 0.1) is 171 Å². The van der Waals surface area contributed by atoms with Gasteiger partial charge >= 0.3 is 12.0 Å². The third kappa shape index (κ3) is 40.0. The molecule has 32 nitrogen and oxygen atoms in total. The maximum absolute atomic E-state index is 13.6. The van der Waals surface area contributed by atoms with Gasteiger partial charge in [0, 0.05) is 31.4 Å². The Kier molecular flexibility index (Phi) is 48.1. The van der Waals surface area contributed by atoms with Gasteiger partial charge < -0.3 is 119 Å². The van der Waals surface area contributed by atoms with Crippen molar-refractivity contribution in [2.75, 3.05) is 184 Å². The van der Waals surface area contributed by atoms with Gasteiger partial charge in [-0.2, -0.15) is 0 Å². The van der Waals surface area contributed by atoms with E-state index in [1.165, 1.54) is 6.21 Å². The van der Waals surface area contributed by atoms with Gasteiger partial charge in [-0.25, -0.2) is 14.6 Å².